The first-order valence-electron chi connectivity index (χ1n) is 7.54. The molecule has 2 heterocycles. The Morgan fingerprint density at radius 2 is 2.05 bits per heavy atom. The van der Waals surface area contributed by atoms with Crippen molar-refractivity contribution in [2.24, 2.45) is 0 Å². The standard InChI is InChI=1S/C16H26N4O/c1-16(2,3)18-11-13-6-7-14(17-10-13)20-9-5-8-19(4)15(21)12-20/h6-7,10,18H,5,8-9,11-12H2,1-4H3. The number of anilines is 1. The summed E-state index contributed by atoms with van der Waals surface area (Å²) in [4.78, 5) is 20.3. The molecule has 2 rings (SSSR count). The van der Waals surface area contributed by atoms with Gasteiger partial charge in [0, 0.05) is 38.4 Å². The van der Waals surface area contributed by atoms with Crippen LogP contribution in [-0.4, -0.2) is 48.0 Å². The molecule has 0 aliphatic carbocycles. The molecule has 0 spiro atoms. The predicted octanol–water partition coefficient (Wildman–Crippen LogP) is 1.64. The fraction of sp³-hybridized carbons (Fsp3) is 0.625. The van der Waals surface area contributed by atoms with Crippen LogP contribution in [0.5, 0.6) is 0 Å². The Hall–Kier alpha value is -1.62. The van der Waals surface area contributed by atoms with Gasteiger partial charge in [0.2, 0.25) is 5.91 Å². The van der Waals surface area contributed by atoms with Gasteiger partial charge in [-0.05, 0) is 38.8 Å². The lowest BCUT2D eigenvalue weighted by Gasteiger charge is -2.22. The van der Waals surface area contributed by atoms with Crippen molar-refractivity contribution in [1.29, 1.82) is 0 Å². The van der Waals surface area contributed by atoms with Gasteiger partial charge in [-0.15, -0.1) is 0 Å². The molecule has 0 aromatic carbocycles. The van der Waals surface area contributed by atoms with Crippen LogP contribution in [0.3, 0.4) is 0 Å². The summed E-state index contributed by atoms with van der Waals surface area (Å²) in [5.74, 6) is 1.05. The lowest BCUT2D eigenvalue weighted by molar-refractivity contribution is -0.127. The van der Waals surface area contributed by atoms with Crippen molar-refractivity contribution in [3.8, 4) is 0 Å². The smallest absolute Gasteiger partial charge is 0.241 e. The van der Waals surface area contributed by atoms with Gasteiger partial charge < -0.3 is 15.1 Å². The van der Waals surface area contributed by atoms with Gasteiger partial charge in [0.15, 0.2) is 0 Å². The van der Waals surface area contributed by atoms with Gasteiger partial charge in [-0.1, -0.05) is 6.07 Å². The zero-order valence-corrected chi connectivity index (χ0v) is 13.5. The van der Waals surface area contributed by atoms with Crippen molar-refractivity contribution in [3.05, 3.63) is 23.9 Å². The Morgan fingerprint density at radius 3 is 2.67 bits per heavy atom. The Bertz CT molecular complexity index is 478. The first-order chi connectivity index (χ1) is 9.85. The molecule has 0 unspecified atom stereocenters. The Morgan fingerprint density at radius 1 is 1.29 bits per heavy atom. The van der Waals surface area contributed by atoms with Crippen molar-refractivity contribution in [3.63, 3.8) is 0 Å². The van der Waals surface area contributed by atoms with Gasteiger partial charge in [0.05, 0.1) is 6.54 Å². The van der Waals surface area contributed by atoms with Crippen LogP contribution >= 0.6 is 0 Å². The van der Waals surface area contributed by atoms with E-state index in [0.29, 0.717) is 6.54 Å². The largest absolute Gasteiger partial charge is 0.347 e. The fourth-order valence-corrected chi connectivity index (χ4v) is 2.26. The predicted molar refractivity (Wildman–Crippen MR) is 85.3 cm³/mol. The number of amides is 1. The lowest BCUT2D eigenvalue weighted by Crippen LogP contribution is -2.35. The third-order valence-electron chi connectivity index (χ3n) is 3.63. The molecule has 1 N–H and O–H groups in total. The molecule has 1 aromatic heterocycles. The van der Waals surface area contributed by atoms with Gasteiger partial charge in [0.25, 0.3) is 0 Å². The molecule has 116 valence electrons. The number of likely N-dealkylation sites (N-methyl/N-ethyl adjacent to an activating group) is 1. The normalized spacial score (nSPS) is 17.0. The number of carbonyl (C=O) groups excluding carboxylic acids is 1. The number of hydrogen-bond donors (Lipinski definition) is 1. The van der Waals surface area contributed by atoms with Crippen molar-refractivity contribution in [2.75, 3.05) is 31.6 Å². The average Bonchev–Trinajstić information content (AvgIpc) is 2.59. The van der Waals surface area contributed by atoms with Crippen LogP contribution in [0.4, 0.5) is 5.82 Å². The Kier molecular flexibility index (Phi) is 4.83. The molecule has 1 fully saturated rings. The third-order valence-corrected chi connectivity index (χ3v) is 3.63. The van der Waals surface area contributed by atoms with Crippen LogP contribution in [0, 0.1) is 0 Å². The number of nitrogens with one attached hydrogen (secondary N) is 1. The monoisotopic (exact) mass is 290 g/mol. The maximum Gasteiger partial charge on any atom is 0.241 e. The van der Waals surface area contributed by atoms with E-state index in [-0.39, 0.29) is 11.4 Å². The minimum atomic E-state index is 0.0977. The summed E-state index contributed by atoms with van der Waals surface area (Å²) in [5.41, 5.74) is 1.26. The second-order valence-corrected chi connectivity index (χ2v) is 6.72. The number of rotatable bonds is 3. The second-order valence-electron chi connectivity index (χ2n) is 6.72. The SMILES string of the molecule is CN1CCCN(c2ccc(CNC(C)(C)C)cn2)CC1=O. The molecule has 0 radical (unpaired) electrons. The van der Waals surface area contributed by atoms with E-state index in [9.17, 15) is 4.79 Å². The molecular weight excluding hydrogens is 264 g/mol. The fourth-order valence-electron chi connectivity index (χ4n) is 2.26. The summed E-state index contributed by atoms with van der Waals surface area (Å²) < 4.78 is 0. The van der Waals surface area contributed by atoms with Crippen LogP contribution in [-0.2, 0) is 11.3 Å². The van der Waals surface area contributed by atoms with Gasteiger partial charge in [-0.25, -0.2) is 4.98 Å². The van der Waals surface area contributed by atoms with Crippen molar-refractivity contribution >= 4 is 11.7 Å². The van der Waals surface area contributed by atoms with Crippen molar-refractivity contribution < 1.29 is 4.79 Å². The van der Waals surface area contributed by atoms with E-state index in [4.69, 9.17) is 0 Å². The van der Waals surface area contributed by atoms with E-state index >= 15 is 0 Å². The van der Waals surface area contributed by atoms with E-state index in [1.165, 1.54) is 0 Å². The summed E-state index contributed by atoms with van der Waals surface area (Å²) >= 11 is 0. The quantitative estimate of drug-likeness (QED) is 0.919. The summed E-state index contributed by atoms with van der Waals surface area (Å²) in [7, 11) is 1.86. The van der Waals surface area contributed by atoms with Crippen LogP contribution in [0.15, 0.2) is 18.3 Å². The highest BCUT2D eigenvalue weighted by molar-refractivity contribution is 5.81. The van der Waals surface area contributed by atoms with Crippen LogP contribution in [0.1, 0.15) is 32.8 Å². The topological polar surface area (TPSA) is 48.5 Å². The van der Waals surface area contributed by atoms with E-state index in [0.717, 1.165) is 37.4 Å². The average molecular weight is 290 g/mol. The second kappa shape index (κ2) is 6.43. The van der Waals surface area contributed by atoms with E-state index in [2.05, 4.69) is 42.0 Å². The van der Waals surface area contributed by atoms with E-state index in [1.54, 1.807) is 4.90 Å². The lowest BCUT2D eigenvalue weighted by atomic mass is 10.1. The number of pyridine rings is 1. The Labute approximate surface area is 127 Å². The molecule has 1 aliphatic rings. The van der Waals surface area contributed by atoms with Gasteiger partial charge in [-0.3, -0.25) is 4.79 Å². The molecular formula is C16H26N4O. The summed E-state index contributed by atoms with van der Waals surface area (Å²) in [6.07, 6.45) is 2.88. The van der Waals surface area contributed by atoms with Gasteiger partial charge in [0.1, 0.15) is 5.82 Å². The number of nitrogens with zero attached hydrogens (tertiary/aromatic N) is 3. The molecule has 1 saturated heterocycles. The molecule has 1 aliphatic heterocycles. The third kappa shape index (κ3) is 4.70. The molecule has 0 bridgehead atoms. The minimum absolute atomic E-state index is 0.0977. The van der Waals surface area contributed by atoms with E-state index in [1.807, 2.05) is 19.3 Å². The maximum absolute atomic E-state index is 11.9. The molecule has 1 amide bonds. The van der Waals surface area contributed by atoms with Crippen LogP contribution < -0.4 is 10.2 Å². The molecule has 21 heavy (non-hydrogen) atoms. The summed E-state index contributed by atoms with van der Waals surface area (Å²) in [5, 5.41) is 3.45. The highest BCUT2D eigenvalue weighted by atomic mass is 16.2. The molecule has 5 nitrogen and oxygen atoms in total. The first kappa shape index (κ1) is 15.8. The molecule has 0 saturated carbocycles. The molecule has 5 heteroatoms. The number of hydrogen-bond acceptors (Lipinski definition) is 4. The van der Waals surface area contributed by atoms with E-state index < -0.39 is 0 Å². The zero-order chi connectivity index (χ0) is 15.5. The first-order valence-corrected chi connectivity index (χ1v) is 7.54. The highest BCUT2D eigenvalue weighted by Crippen LogP contribution is 2.15. The number of carbonyl (C=O) groups is 1. The van der Waals surface area contributed by atoms with Crippen molar-refractivity contribution in [1.82, 2.24) is 15.2 Å². The Balaban J connectivity index is 1.99. The number of aromatic nitrogens is 1. The maximum atomic E-state index is 11.9. The highest BCUT2D eigenvalue weighted by Gasteiger charge is 2.19. The summed E-state index contributed by atoms with van der Waals surface area (Å²) in [6.45, 7) is 9.36. The van der Waals surface area contributed by atoms with Crippen LogP contribution in [0.25, 0.3) is 0 Å². The zero-order valence-electron chi connectivity index (χ0n) is 13.5. The van der Waals surface area contributed by atoms with Gasteiger partial charge in [-0.2, -0.15) is 0 Å². The van der Waals surface area contributed by atoms with Gasteiger partial charge >= 0.3 is 0 Å². The minimum Gasteiger partial charge on any atom is -0.347 e. The summed E-state index contributed by atoms with van der Waals surface area (Å²) in [6, 6.07) is 4.10. The van der Waals surface area contributed by atoms with Crippen LogP contribution in [0.2, 0.25) is 0 Å². The molecule has 0 atom stereocenters. The molecule has 1 aromatic rings. The van der Waals surface area contributed by atoms with Crippen molar-refractivity contribution in [2.45, 2.75) is 39.3 Å².